The van der Waals surface area contributed by atoms with E-state index >= 15 is 0 Å². The average Bonchev–Trinajstić information content (AvgIpc) is 3.02. The Morgan fingerprint density at radius 3 is 1.84 bits per heavy atom. The van der Waals surface area contributed by atoms with E-state index in [1.165, 1.54) is 19.1 Å². The largest absolute Gasteiger partial charge is 0.465 e. The molecule has 2 aromatic rings. The van der Waals surface area contributed by atoms with E-state index in [0.29, 0.717) is 5.56 Å². The topological polar surface area (TPSA) is 98.1 Å². The van der Waals surface area contributed by atoms with Crippen molar-refractivity contribution < 1.29 is 28.3 Å². The minimum atomic E-state index is -0.823. The number of carbonyl (C=O) groups is 3. The number of esters is 2. The van der Waals surface area contributed by atoms with E-state index < -0.39 is 28.9 Å². The number of ether oxygens (including phenoxy) is 2. The van der Waals surface area contributed by atoms with Crippen molar-refractivity contribution in [3.8, 4) is 0 Å². The standard InChI is InChI=1S/C23H30N2O6/c1-22(2,3)24-17-15(20(27)29-7)16(21(28)30-8)19(31-17)25(23(4,5)6)18(26)14-12-10-9-11-13-14/h9-13,24H,1-8H3. The van der Waals surface area contributed by atoms with Gasteiger partial charge in [-0.05, 0) is 53.7 Å². The second-order valence-corrected chi connectivity index (χ2v) is 9.02. The molecule has 1 heterocycles. The molecule has 0 bridgehead atoms. The van der Waals surface area contributed by atoms with E-state index in [-0.39, 0.29) is 22.9 Å². The van der Waals surface area contributed by atoms with E-state index in [4.69, 9.17) is 13.9 Å². The first kappa shape index (κ1) is 24.0. The number of methoxy groups -OCH3 is 2. The van der Waals surface area contributed by atoms with Gasteiger partial charge in [-0.25, -0.2) is 9.59 Å². The fourth-order valence-corrected chi connectivity index (χ4v) is 3.00. The Morgan fingerprint density at radius 1 is 0.871 bits per heavy atom. The Balaban J connectivity index is 2.85. The number of carbonyl (C=O) groups excluding carboxylic acids is 3. The molecule has 0 aliphatic rings. The van der Waals surface area contributed by atoms with Gasteiger partial charge >= 0.3 is 11.9 Å². The maximum Gasteiger partial charge on any atom is 0.344 e. The third kappa shape index (κ3) is 5.25. The highest BCUT2D eigenvalue weighted by Gasteiger charge is 2.41. The van der Waals surface area contributed by atoms with E-state index in [0.717, 1.165) is 0 Å². The maximum absolute atomic E-state index is 13.5. The van der Waals surface area contributed by atoms with Crippen molar-refractivity contribution in [2.24, 2.45) is 0 Å². The molecule has 1 N–H and O–H groups in total. The van der Waals surface area contributed by atoms with Crippen LogP contribution in [-0.2, 0) is 9.47 Å². The number of amides is 1. The lowest BCUT2D eigenvalue weighted by Crippen LogP contribution is -2.46. The first-order valence-electron chi connectivity index (χ1n) is 9.83. The van der Waals surface area contributed by atoms with E-state index in [9.17, 15) is 14.4 Å². The quantitative estimate of drug-likeness (QED) is 0.697. The maximum atomic E-state index is 13.5. The van der Waals surface area contributed by atoms with Crippen molar-refractivity contribution in [3.63, 3.8) is 0 Å². The Morgan fingerprint density at radius 2 is 1.39 bits per heavy atom. The van der Waals surface area contributed by atoms with Crippen LogP contribution in [0.15, 0.2) is 34.7 Å². The van der Waals surface area contributed by atoms with Crippen LogP contribution in [0.25, 0.3) is 0 Å². The van der Waals surface area contributed by atoms with Crippen molar-refractivity contribution in [1.82, 2.24) is 0 Å². The normalized spacial score (nSPS) is 11.6. The minimum absolute atomic E-state index is 0.0184. The summed E-state index contributed by atoms with van der Waals surface area (Å²) in [6.07, 6.45) is 0. The van der Waals surface area contributed by atoms with E-state index in [1.54, 1.807) is 51.1 Å². The van der Waals surface area contributed by atoms with Crippen LogP contribution in [0.3, 0.4) is 0 Å². The molecule has 1 aromatic carbocycles. The summed E-state index contributed by atoms with van der Waals surface area (Å²) in [6.45, 7) is 11.0. The van der Waals surface area contributed by atoms with Gasteiger partial charge in [0.15, 0.2) is 0 Å². The van der Waals surface area contributed by atoms with Crippen LogP contribution in [0, 0.1) is 0 Å². The lowest BCUT2D eigenvalue weighted by Gasteiger charge is -2.34. The van der Waals surface area contributed by atoms with Gasteiger partial charge in [-0.2, -0.15) is 0 Å². The smallest absolute Gasteiger partial charge is 0.344 e. The SMILES string of the molecule is COC(=O)c1c(NC(C)(C)C)oc(N(C(=O)c2ccccc2)C(C)(C)C)c1C(=O)OC. The monoisotopic (exact) mass is 430 g/mol. The van der Waals surface area contributed by atoms with Crippen molar-refractivity contribution in [2.75, 3.05) is 24.4 Å². The highest BCUT2D eigenvalue weighted by atomic mass is 16.5. The highest BCUT2D eigenvalue weighted by Crippen LogP contribution is 2.40. The molecular weight excluding hydrogens is 400 g/mol. The predicted octanol–water partition coefficient (Wildman–Crippen LogP) is 4.51. The molecule has 0 aliphatic carbocycles. The second kappa shape index (κ2) is 8.83. The number of furan rings is 1. The molecule has 0 unspecified atom stereocenters. The highest BCUT2D eigenvalue weighted by molar-refractivity contribution is 6.14. The molecule has 0 atom stereocenters. The van der Waals surface area contributed by atoms with Gasteiger partial charge in [0.2, 0.25) is 11.8 Å². The molecule has 0 aliphatic heterocycles. The molecule has 31 heavy (non-hydrogen) atoms. The number of anilines is 2. The van der Waals surface area contributed by atoms with Crippen molar-refractivity contribution >= 4 is 29.6 Å². The van der Waals surface area contributed by atoms with Gasteiger partial charge in [0.1, 0.15) is 11.1 Å². The zero-order chi connectivity index (χ0) is 23.6. The van der Waals surface area contributed by atoms with Crippen molar-refractivity contribution in [1.29, 1.82) is 0 Å². The summed E-state index contributed by atoms with van der Waals surface area (Å²) in [6, 6.07) is 8.61. The first-order valence-corrected chi connectivity index (χ1v) is 9.83. The van der Waals surface area contributed by atoms with Crippen LogP contribution in [0.2, 0.25) is 0 Å². The minimum Gasteiger partial charge on any atom is -0.465 e. The Bertz CT molecular complexity index is 964. The van der Waals surface area contributed by atoms with Crippen LogP contribution < -0.4 is 10.2 Å². The Hall–Kier alpha value is -3.29. The molecule has 0 radical (unpaired) electrons. The lowest BCUT2D eigenvalue weighted by molar-refractivity contribution is 0.0557. The summed E-state index contributed by atoms with van der Waals surface area (Å²) in [4.78, 5) is 40.3. The van der Waals surface area contributed by atoms with Gasteiger partial charge < -0.3 is 19.2 Å². The molecular formula is C23H30N2O6. The summed E-state index contributed by atoms with van der Waals surface area (Å²) >= 11 is 0. The summed E-state index contributed by atoms with van der Waals surface area (Å²) in [5, 5.41) is 3.08. The van der Waals surface area contributed by atoms with E-state index in [1.807, 2.05) is 20.8 Å². The Labute approximate surface area is 182 Å². The van der Waals surface area contributed by atoms with Crippen LogP contribution in [0.1, 0.15) is 72.6 Å². The molecule has 0 fully saturated rings. The zero-order valence-electron chi connectivity index (χ0n) is 19.3. The van der Waals surface area contributed by atoms with Gasteiger partial charge in [0.05, 0.1) is 14.2 Å². The first-order chi connectivity index (χ1) is 14.3. The number of nitrogens with zero attached hydrogens (tertiary/aromatic N) is 1. The summed E-state index contributed by atoms with van der Waals surface area (Å²) in [5.41, 5.74) is -1.23. The number of hydrogen-bond donors (Lipinski definition) is 1. The summed E-state index contributed by atoms with van der Waals surface area (Å²) < 4.78 is 15.8. The molecule has 0 spiro atoms. The molecule has 1 aromatic heterocycles. The average molecular weight is 431 g/mol. The van der Waals surface area contributed by atoms with Crippen LogP contribution in [0.4, 0.5) is 11.8 Å². The molecule has 0 saturated carbocycles. The number of benzene rings is 1. The van der Waals surface area contributed by atoms with Gasteiger partial charge in [0, 0.05) is 16.6 Å². The van der Waals surface area contributed by atoms with Crippen molar-refractivity contribution in [3.05, 3.63) is 47.0 Å². The fourth-order valence-electron chi connectivity index (χ4n) is 3.00. The molecule has 8 nitrogen and oxygen atoms in total. The number of hydrogen-bond acceptors (Lipinski definition) is 7. The molecule has 8 heteroatoms. The Kier molecular flexibility index (Phi) is 6.83. The van der Waals surface area contributed by atoms with Gasteiger partial charge in [-0.15, -0.1) is 0 Å². The van der Waals surface area contributed by atoms with Gasteiger partial charge in [-0.3, -0.25) is 9.69 Å². The molecule has 168 valence electrons. The summed E-state index contributed by atoms with van der Waals surface area (Å²) in [7, 11) is 2.39. The third-order valence-corrected chi connectivity index (χ3v) is 4.25. The van der Waals surface area contributed by atoms with Crippen LogP contribution >= 0.6 is 0 Å². The van der Waals surface area contributed by atoms with Gasteiger partial charge in [0.25, 0.3) is 5.91 Å². The van der Waals surface area contributed by atoms with Gasteiger partial charge in [-0.1, -0.05) is 18.2 Å². The van der Waals surface area contributed by atoms with Crippen molar-refractivity contribution in [2.45, 2.75) is 52.6 Å². The molecule has 2 rings (SSSR count). The molecule has 1 amide bonds. The van der Waals surface area contributed by atoms with Crippen LogP contribution in [0.5, 0.6) is 0 Å². The lowest BCUT2D eigenvalue weighted by atomic mass is 10.0. The zero-order valence-corrected chi connectivity index (χ0v) is 19.3. The second-order valence-electron chi connectivity index (χ2n) is 9.02. The predicted molar refractivity (Wildman–Crippen MR) is 118 cm³/mol. The fraction of sp³-hybridized carbons (Fsp3) is 0.435. The number of nitrogens with one attached hydrogen (secondary N) is 1. The van der Waals surface area contributed by atoms with E-state index in [2.05, 4.69) is 5.32 Å². The van der Waals surface area contributed by atoms with Crippen LogP contribution in [-0.4, -0.2) is 43.1 Å². The third-order valence-electron chi connectivity index (χ3n) is 4.25. The summed E-state index contributed by atoms with van der Waals surface area (Å²) in [5.74, 6) is -2.09. The molecule has 0 saturated heterocycles. The number of rotatable bonds is 5.